The van der Waals surface area contributed by atoms with Crippen LogP contribution in [0.1, 0.15) is 22.8 Å². The lowest BCUT2D eigenvalue weighted by Gasteiger charge is -2.25. The number of nitrogens with one attached hydrogen (secondary N) is 1. The first-order chi connectivity index (χ1) is 18.0. The third-order valence-corrected chi connectivity index (χ3v) is 6.30. The van der Waals surface area contributed by atoms with Crippen LogP contribution in [0.5, 0.6) is 5.75 Å². The van der Waals surface area contributed by atoms with Crippen molar-refractivity contribution in [3.8, 4) is 5.75 Å². The van der Waals surface area contributed by atoms with Crippen LogP contribution in [0.4, 0.5) is 9.59 Å². The summed E-state index contributed by atoms with van der Waals surface area (Å²) in [7, 11) is 0. The molecule has 3 amide bonds. The molecule has 0 aromatic heterocycles. The molecular weight excluding hydrogens is 492 g/mol. The third-order valence-electron chi connectivity index (χ3n) is 5.49. The van der Waals surface area contributed by atoms with E-state index in [2.05, 4.69) is 5.32 Å². The standard InChI is InChI=1S/C28H26N2O6S/c31-24(22-9-5-2-6-10-22)18-30(28(34)36-19-21-7-3-1-4-8-21)15-16-35-23-13-11-20(12-14-23)17-25-26(32)29-27(33)37-25/h1-14,17,24,31H,15-16,18-19H2,(H,29,32,33)/b25-17-. The van der Waals surface area contributed by atoms with E-state index in [-0.39, 0.29) is 31.5 Å². The Morgan fingerprint density at radius 1 is 0.973 bits per heavy atom. The average molecular weight is 519 g/mol. The van der Waals surface area contributed by atoms with Crippen molar-refractivity contribution in [3.05, 3.63) is 107 Å². The normalized spacial score (nSPS) is 14.8. The predicted octanol–water partition coefficient (Wildman–Crippen LogP) is 4.76. The van der Waals surface area contributed by atoms with Gasteiger partial charge in [-0.05, 0) is 46.7 Å². The third kappa shape index (κ3) is 7.70. The minimum absolute atomic E-state index is 0.0476. The van der Waals surface area contributed by atoms with Crippen LogP contribution < -0.4 is 10.1 Å². The van der Waals surface area contributed by atoms with Crippen LogP contribution in [0, 0.1) is 0 Å². The summed E-state index contributed by atoms with van der Waals surface area (Å²) in [5.74, 6) is 0.162. The minimum Gasteiger partial charge on any atom is -0.492 e. The summed E-state index contributed by atoms with van der Waals surface area (Å²) in [6, 6.07) is 25.5. The Kier molecular flexibility index (Phi) is 8.96. The minimum atomic E-state index is -0.879. The van der Waals surface area contributed by atoms with Gasteiger partial charge in [0, 0.05) is 0 Å². The van der Waals surface area contributed by atoms with E-state index in [9.17, 15) is 19.5 Å². The lowest BCUT2D eigenvalue weighted by atomic mass is 10.1. The molecule has 0 spiro atoms. The predicted molar refractivity (Wildman–Crippen MR) is 141 cm³/mol. The quantitative estimate of drug-likeness (QED) is 0.373. The summed E-state index contributed by atoms with van der Waals surface area (Å²) in [6.45, 7) is 0.542. The Morgan fingerprint density at radius 2 is 1.65 bits per heavy atom. The summed E-state index contributed by atoms with van der Waals surface area (Å²) in [5.41, 5.74) is 2.31. The summed E-state index contributed by atoms with van der Waals surface area (Å²) >= 11 is 0.859. The van der Waals surface area contributed by atoms with E-state index >= 15 is 0 Å². The van der Waals surface area contributed by atoms with Crippen LogP contribution in [0.2, 0.25) is 0 Å². The van der Waals surface area contributed by atoms with Gasteiger partial charge in [-0.3, -0.25) is 14.9 Å². The van der Waals surface area contributed by atoms with Crippen LogP contribution in [0.25, 0.3) is 6.08 Å². The number of rotatable bonds is 10. The van der Waals surface area contributed by atoms with Crippen molar-refractivity contribution >= 4 is 35.1 Å². The highest BCUT2D eigenvalue weighted by atomic mass is 32.2. The van der Waals surface area contributed by atoms with E-state index in [0.29, 0.717) is 16.2 Å². The average Bonchev–Trinajstić information content (AvgIpc) is 3.24. The van der Waals surface area contributed by atoms with E-state index in [1.165, 1.54) is 4.90 Å². The molecule has 1 aliphatic rings. The maximum Gasteiger partial charge on any atom is 0.410 e. The number of benzene rings is 3. The molecule has 1 saturated heterocycles. The molecule has 0 aliphatic carbocycles. The van der Waals surface area contributed by atoms with Crippen molar-refractivity contribution < 1.29 is 29.0 Å². The number of aliphatic hydroxyl groups excluding tert-OH is 1. The maximum atomic E-state index is 12.9. The molecule has 8 nitrogen and oxygen atoms in total. The number of imide groups is 1. The summed E-state index contributed by atoms with van der Waals surface area (Å²) in [5, 5.41) is 12.5. The van der Waals surface area contributed by atoms with Crippen LogP contribution in [0.3, 0.4) is 0 Å². The lowest BCUT2D eigenvalue weighted by molar-refractivity contribution is -0.115. The maximum absolute atomic E-state index is 12.9. The molecule has 1 fully saturated rings. The number of aliphatic hydroxyl groups is 1. The van der Waals surface area contributed by atoms with Crippen LogP contribution in [-0.4, -0.2) is 46.9 Å². The number of hydrogen-bond acceptors (Lipinski definition) is 7. The highest BCUT2D eigenvalue weighted by Crippen LogP contribution is 2.26. The van der Waals surface area contributed by atoms with Crippen molar-refractivity contribution in [3.63, 3.8) is 0 Å². The molecule has 37 heavy (non-hydrogen) atoms. The Morgan fingerprint density at radius 3 is 2.30 bits per heavy atom. The second-order valence-electron chi connectivity index (χ2n) is 8.18. The molecular formula is C28H26N2O6S. The first kappa shape index (κ1) is 26.0. The molecule has 1 unspecified atom stereocenters. The summed E-state index contributed by atoms with van der Waals surface area (Å²) in [4.78, 5) is 37.6. The molecule has 4 rings (SSSR count). The van der Waals surface area contributed by atoms with Gasteiger partial charge in [-0.1, -0.05) is 72.8 Å². The number of ether oxygens (including phenoxy) is 2. The second kappa shape index (κ2) is 12.8. The SMILES string of the molecule is O=C1NC(=O)/C(=C/c2ccc(OCCN(CC(O)c3ccccc3)C(=O)OCc3ccccc3)cc2)S1. The Hall–Kier alpha value is -4.08. The van der Waals surface area contributed by atoms with Gasteiger partial charge in [0.2, 0.25) is 0 Å². The van der Waals surface area contributed by atoms with E-state index in [1.54, 1.807) is 42.5 Å². The van der Waals surface area contributed by atoms with Gasteiger partial charge in [0.05, 0.1) is 24.1 Å². The van der Waals surface area contributed by atoms with Crippen molar-refractivity contribution in [2.75, 3.05) is 19.7 Å². The second-order valence-corrected chi connectivity index (χ2v) is 9.20. The number of amides is 3. The molecule has 1 aliphatic heterocycles. The van der Waals surface area contributed by atoms with Crippen LogP contribution in [-0.2, 0) is 16.1 Å². The zero-order valence-electron chi connectivity index (χ0n) is 19.9. The Balaban J connectivity index is 1.35. The molecule has 1 atom stereocenters. The summed E-state index contributed by atoms with van der Waals surface area (Å²) < 4.78 is 11.3. The first-order valence-electron chi connectivity index (χ1n) is 11.6. The first-order valence-corrected chi connectivity index (χ1v) is 12.5. The monoisotopic (exact) mass is 518 g/mol. The Labute approximate surface area is 218 Å². The molecule has 2 N–H and O–H groups in total. The number of carbonyl (C=O) groups is 3. The number of carbonyl (C=O) groups excluding carboxylic acids is 3. The van der Waals surface area contributed by atoms with Gasteiger partial charge >= 0.3 is 6.09 Å². The fraction of sp³-hybridized carbons (Fsp3) is 0.179. The van der Waals surface area contributed by atoms with Crippen molar-refractivity contribution in [1.29, 1.82) is 0 Å². The molecule has 3 aromatic carbocycles. The smallest absolute Gasteiger partial charge is 0.410 e. The van der Waals surface area contributed by atoms with E-state index in [1.807, 2.05) is 48.5 Å². The number of nitrogens with zero attached hydrogens (tertiary/aromatic N) is 1. The topological polar surface area (TPSA) is 105 Å². The largest absolute Gasteiger partial charge is 0.492 e. The van der Waals surface area contributed by atoms with Gasteiger partial charge in [-0.2, -0.15) is 0 Å². The highest BCUT2D eigenvalue weighted by molar-refractivity contribution is 8.18. The van der Waals surface area contributed by atoms with Gasteiger partial charge in [-0.25, -0.2) is 4.79 Å². The van der Waals surface area contributed by atoms with Gasteiger partial charge < -0.3 is 19.5 Å². The van der Waals surface area contributed by atoms with Gasteiger partial charge in [-0.15, -0.1) is 0 Å². The molecule has 0 bridgehead atoms. The van der Waals surface area contributed by atoms with Crippen molar-refractivity contribution in [2.45, 2.75) is 12.7 Å². The van der Waals surface area contributed by atoms with E-state index < -0.39 is 18.1 Å². The lowest BCUT2D eigenvalue weighted by Crippen LogP contribution is -2.38. The highest BCUT2D eigenvalue weighted by Gasteiger charge is 2.25. The zero-order valence-corrected chi connectivity index (χ0v) is 20.7. The van der Waals surface area contributed by atoms with E-state index in [0.717, 1.165) is 22.9 Å². The van der Waals surface area contributed by atoms with E-state index in [4.69, 9.17) is 9.47 Å². The van der Waals surface area contributed by atoms with Crippen LogP contribution >= 0.6 is 11.8 Å². The van der Waals surface area contributed by atoms with Gasteiger partial charge in [0.1, 0.15) is 19.0 Å². The van der Waals surface area contributed by atoms with Crippen molar-refractivity contribution in [2.24, 2.45) is 0 Å². The van der Waals surface area contributed by atoms with Gasteiger partial charge in [0.25, 0.3) is 11.1 Å². The Bertz CT molecular complexity index is 1250. The molecule has 190 valence electrons. The van der Waals surface area contributed by atoms with Gasteiger partial charge in [0.15, 0.2) is 0 Å². The molecule has 3 aromatic rings. The van der Waals surface area contributed by atoms with Crippen molar-refractivity contribution in [1.82, 2.24) is 10.2 Å². The molecule has 0 saturated carbocycles. The molecule has 9 heteroatoms. The summed E-state index contributed by atoms with van der Waals surface area (Å²) in [6.07, 6.45) is 0.200. The number of thioether (sulfide) groups is 1. The fourth-order valence-corrected chi connectivity index (χ4v) is 4.25. The number of hydrogen-bond donors (Lipinski definition) is 2. The zero-order chi connectivity index (χ0) is 26.0. The molecule has 0 radical (unpaired) electrons. The van der Waals surface area contributed by atoms with Crippen LogP contribution in [0.15, 0.2) is 89.8 Å². The molecule has 1 heterocycles. The fourth-order valence-electron chi connectivity index (χ4n) is 3.56.